The Morgan fingerprint density at radius 2 is 2.37 bits per heavy atom. The van der Waals surface area contributed by atoms with Gasteiger partial charge in [-0.1, -0.05) is 0 Å². The Morgan fingerprint density at radius 1 is 1.58 bits per heavy atom. The van der Waals surface area contributed by atoms with Crippen LogP contribution in [0.2, 0.25) is 0 Å². The highest BCUT2D eigenvalue weighted by atomic mass is 19.1. The van der Waals surface area contributed by atoms with E-state index in [1.807, 2.05) is 0 Å². The third-order valence-electron chi connectivity index (χ3n) is 2.21. The predicted octanol–water partition coefficient (Wildman–Crippen LogP) is 1.18. The molecule has 0 bridgehead atoms. The van der Waals surface area contributed by atoms with Crippen LogP contribution in [0, 0.1) is 5.82 Å². The molecule has 0 atom stereocenters. The lowest BCUT2D eigenvalue weighted by Gasteiger charge is -2.10. The van der Waals surface area contributed by atoms with Crippen molar-refractivity contribution in [2.75, 3.05) is 17.7 Å². The number of carbonyl (C=O) groups is 1. The number of rotatable bonds is 4. The van der Waals surface area contributed by atoms with E-state index in [1.54, 1.807) is 6.92 Å². The molecule has 2 rings (SSSR count). The molecule has 19 heavy (non-hydrogen) atoms. The monoisotopic (exact) mass is 265 g/mol. The fourth-order valence-electron chi connectivity index (χ4n) is 1.43. The lowest BCUT2D eigenvalue weighted by molar-refractivity contribution is 0.101. The van der Waals surface area contributed by atoms with Gasteiger partial charge in [-0.3, -0.25) is 9.89 Å². The standard InChI is InChI=1S/C11H12FN5O2/c1-2-19-8-5-6(12)3-4-7(8)14-10(18)9-15-11(13)17-16-9/h3-5H,2H2,1H3,(H,14,18)(H3,13,15,16,17). The van der Waals surface area contributed by atoms with Gasteiger partial charge in [-0.15, -0.1) is 5.10 Å². The molecule has 0 aliphatic carbocycles. The van der Waals surface area contributed by atoms with Crippen LogP contribution in [-0.2, 0) is 0 Å². The maximum absolute atomic E-state index is 13.1. The van der Waals surface area contributed by atoms with Gasteiger partial charge in [0.05, 0.1) is 12.3 Å². The molecule has 0 spiro atoms. The lowest BCUT2D eigenvalue weighted by atomic mass is 10.2. The van der Waals surface area contributed by atoms with E-state index >= 15 is 0 Å². The van der Waals surface area contributed by atoms with E-state index in [9.17, 15) is 9.18 Å². The van der Waals surface area contributed by atoms with Crippen molar-refractivity contribution < 1.29 is 13.9 Å². The van der Waals surface area contributed by atoms with Crippen LogP contribution in [0.15, 0.2) is 18.2 Å². The summed E-state index contributed by atoms with van der Waals surface area (Å²) in [4.78, 5) is 15.5. The van der Waals surface area contributed by atoms with E-state index in [1.165, 1.54) is 18.2 Å². The van der Waals surface area contributed by atoms with E-state index in [0.717, 1.165) is 0 Å². The first-order valence-corrected chi connectivity index (χ1v) is 5.51. The average molecular weight is 265 g/mol. The number of benzene rings is 1. The maximum atomic E-state index is 13.1. The normalized spacial score (nSPS) is 10.2. The van der Waals surface area contributed by atoms with Crippen LogP contribution in [0.25, 0.3) is 0 Å². The van der Waals surface area contributed by atoms with E-state index in [-0.39, 0.29) is 17.5 Å². The van der Waals surface area contributed by atoms with Crippen LogP contribution in [0.3, 0.4) is 0 Å². The van der Waals surface area contributed by atoms with Crippen molar-refractivity contribution in [3.05, 3.63) is 29.8 Å². The van der Waals surface area contributed by atoms with Crippen LogP contribution in [0.1, 0.15) is 17.5 Å². The van der Waals surface area contributed by atoms with Crippen molar-refractivity contribution in [2.24, 2.45) is 0 Å². The third kappa shape index (κ3) is 2.97. The minimum Gasteiger partial charge on any atom is -0.492 e. The number of hydrogen-bond donors (Lipinski definition) is 3. The second kappa shape index (κ2) is 5.34. The van der Waals surface area contributed by atoms with Gasteiger partial charge >= 0.3 is 0 Å². The van der Waals surface area contributed by atoms with Crippen molar-refractivity contribution in [3.63, 3.8) is 0 Å². The number of aromatic nitrogens is 3. The maximum Gasteiger partial charge on any atom is 0.293 e. The summed E-state index contributed by atoms with van der Waals surface area (Å²) >= 11 is 0. The first-order chi connectivity index (χ1) is 9.10. The molecule has 100 valence electrons. The number of ether oxygens (including phenoxy) is 1. The molecule has 1 aromatic heterocycles. The summed E-state index contributed by atoms with van der Waals surface area (Å²) in [5.41, 5.74) is 5.64. The van der Waals surface area contributed by atoms with E-state index in [4.69, 9.17) is 10.5 Å². The molecule has 0 saturated heterocycles. The third-order valence-corrected chi connectivity index (χ3v) is 2.21. The molecule has 1 amide bonds. The number of nitrogens with one attached hydrogen (secondary N) is 2. The summed E-state index contributed by atoms with van der Waals surface area (Å²) in [6, 6.07) is 3.80. The molecule has 1 aromatic carbocycles. The zero-order chi connectivity index (χ0) is 13.8. The highest BCUT2D eigenvalue weighted by Gasteiger charge is 2.14. The number of H-pyrrole nitrogens is 1. The van der Waals surface area contributed by atoms with Crippen molar-refractivity contribution >= 4 is 17.5 Å². The Bertz CT molecular complexity index is 599. The van der Waals surface area contributed by atoms with Gasteiger partial charge in [0.2, 0.25) is 11.8 Å². The molecule has 0 fully saturated rings. The van der Waals surface area contributed by atoms with Gasteiger partial charge in [0.15, 0.2) is 0 Å². The number of hydrogen-bond acceptors (Lipinski definition) is 5. The molecule has 1 heterocycles. The molecule has 0 unspecified atom stereocenters. The first-order valence-electron chi connectivity index (χ1n) is 5.51. The summed E-state index contributed by atoms with van der Waals surface area (Å²) in [5.74, 6) is -0.830. The summed E-state index contributed by atoms with van der Waals surface area (Å²) in [6.45, 7) is 2.11. The number of nitrogens with zero attached hydrogens (tertiary/aromatic N) is 2. The van der Waals surface area contributed by atoms with Crippen molar-refractivity contribution in [3.8, 4) is 5.75 Å². The smallest absolute Gasteiger partial charge is 0.293 e. The molecular formula is C11H12FN5O2. The molecule has 0 aliphatic rings. The largest absolute Gasteiger partial charge is 0.492 e. The van der Waals surface area contributed by atoms with Crippen LogP contribution in [0.5, 0.6) is 5.75 Å². The van der Waals surface area contributed by atoms with Gasteiger partial charge in [0.1, 0.15) is 11.6 Å². The fourth-order valence-corrected chi connectivity index (χ4v) is 1.43. The zero-order valence-corrected chi connectivity index (χ0v) is 10.1. The van der Waals surface area contributed by atoms with E-state index < -0.39 is 11.7 Å². The Morgan fingerprint density at radius 3 is 3.00 bits per heavy atom. The molecular weight excluding hydrogens is 253 g/mol. The van der Waals surface area contributed by atoms with Crippen LogP contribution >= 0.6 is 0 Å². The number of anilines is 2. The van der Waals surface area contributed by atoms with Crippen molar-refractivity contribution in [1.82, 2.24) is 15.2 Å². The minimum atomic E-state index is -0.545. The van der Waals surface area contributed by atoms with Crippen molar-refractivity contribution in [2.45, 2.75) is 6.92 Å². The predicted molar refractivity (Wildman–Crippen MR) is 66.3 cm³/mol. The fraction of sp³-hybridized carbons (Fsp3) is 0.182. The van der Waals surface area contributed by atoms with Gasteiger partial charge in [-0.05, 0) is 19.1 Å². The number of nitrogen functional groups attached to an aromatic ring is 1. The van der Waals surface area contributed by atoms with Gasteiger partial charge in [-0.2, -0.15) is 4.98 Å². The summed E-state index contributed by atoms with van der Waals surface area (Å²) < 4.78 is 18.3. The number of amides is 1. The number of halogens is 1. The minimum absolute atomic E-state index is 0.0331. The molecule has 0 saturated carbocycles. The summed E-state index contributed by atoms with van der Waals surface area (Å²) in [6.07, 6.45) is 0. The Balaban J connectivity index is 2.20. The molecule has 0 radical (unpaired) electrons. The number of aromatic amines is 1. The van der Waals surface area contributed by atoms with Crippen LogP contribution in [-0.4, -0.2) is 27.7 Å². The molecule has 4 N–H and O–H groups in total. The molecule has 0 aliphatic heterocycles. The molecule has 2 aromatic rings. The average Bonchev–Trinajstić information content (AvgIpc) is 2.80. The Hall–Kier alpha value is -2.64. The highest BCUT2D eigenvalue weighted by Crippen LogP contribution is 2.25. The number of nitrogens with two attached hydrogens (primary N) is 1. The molecule has 7 nitrogen and oxygen atoms in total. The van der Waals surface area contributed by atoms with E-state index in [0.29, 0.717) is 12.3 Å². The SMILES string of the molecule is CCOc1cc(F)ccc1NC(=O)c1nc(N)n[nH]1. The first kappa shape index (κ1) is 12.8. The second-order valence-electron chi connectivity index (χ2n) is 3.57. The van der Waals surface area contributed by atoms with Gasteiger partial charge < -0.3 is 15.8 Å². The van der Waals surface area contributed by atoms with Crippen LogP contribution < -0.4 is 15.8 Å². The van der Waals surface area contributed by atoms with Crippen LogP contribution in [0.4, 0.5) is 16.0 Å². The highest BCUT2D eigenvalue weighted by molar-refractivity contribution is 6.02. The second-order valence-corrected chi connectivity index (χ2v) is 3.57. The summed E-state index contributed by atoms with van der Waals surface area (Å²) in [5, 5.41) is 8.45. The van der Waals surface area contributed by atoms with E-state index in [2.05, 4.69) is 20.5 Å². The molecule has 8 heteroatoms. The Kier molecular flexibility index (Phi) is 3.60. The topological polar surface area (TPSA) is 106 Å². The quantitative estimate of drug-likeness (QED) is 0.769. The zero-order valence-electron chi connectivity index (χ0n) is 10.1. The lowest BCUT2D eigenvalue weighted by Crippen LogP contribution is -2.15. The van der Waals surface area contributed by atoms with Gasteiger partial charge in [0.25, 0.3) is 5.91 Å². The van der Waals surface area contributed by atoms with Gasteiger partial charge in [0, 0.05) is 6.07 Å². The Labute approximate surface area is 108 Å². The summed E-state index contributed by atoms with van der Waals surface area (Å²) in [7, 11) is 0. The van der Waals surface area contributed by atoms with Crippen molar-refractivity contribution in [1.29, 1.82) is 0 Å². The van der Waals surface area contributed by atoms with Gasteiger partial charge in [-0.25, -0.2) is 4.39 Å². The number of carbonyl (C=O) groups excluding carboxylic acids is 1.